The number of thiophene rings is 1. The van der Waals surface area contributed by atoms with Gasteiger partial charge in [-0.05, 0) is 34.4 Å². The van der Waals surface area contributed by atoms with E-state index in [2.05, 4.69) is 66.9 Å². The molecule has 2 atom stereocenters. The quantitative estimate of drug-likeness (QED) is 0.491. The van der Waals surface area contributed by atoms with Gasteiger partial charge < -0.3 is 0 Å². The molecule has 0 nitrogen and oxygen atoms in total. The molecule has 2 aromatic carbocycles. The van der Waals surface area contributed by atoms with Crippen molar-refractivity contribution in [2.75, 3.05) is 0 Å². The lowest BCUT2D eigenvalue weighted by atomic mass is 9.89. The third-order valence-corrected chi connectivity index (χ3v) is 5.35. The van der Waals surface area contributed by atoms with E-state index in [9.17, 15) is 0 Å². The van der Waals surface area contributed by atoms with Crippen LogP contribution in [0, 0.1) is 0 Å². The van der Waals surface area contributed by atoms with Crippen molar-refractivity contribution in [1.82, 2.24) is 0 Å². The van der Waals surface area contributed by atoms with Crippen LogP contribution in [0.2, 0.25) is 0 Å². The molecular weight excluding hydrogens is 284 g/mol. The van der Waals surface area contributed by atoms with Crippen LogP contribution >= 0.6 is 22.9 Å². The molecule has 0 N–H and O–H groups in total. The minimum atomic E-state index is 0.0264. The predicted octanol–water partition coefficient (Wildman–Crippen LogP) is 6.38. The molecule has 3 aromatic rings. The maximum atomic E-state index is 6.83. The highest BCUT2D eigenvalue weighted by Gasteiger charge is 2.23. The average molecular weight is 301 g/mol. The average Bonchev–Trinajstić information content (AvgIpc) is 2.93. The van der Waals surface area contributed by atoms with Crippen molar-refractivity contribution in [1.29, 1.82) is 0 Å². The Morgan fingerprint density at radius 1 is 1.00 bits per heavy atom. The summed E-state index contributed by atoms with van der Waals surface area (Å²) in [4.78, 5) is 0. The second-order valence-electron chi connectivity index (χ2n) is 5.01. The second-order valence-corrected chi connectivity index (χ2v) is 6.40. The number of alkyl halides is 1. The summed E-state index contributed by atoms with van der Waals surface area (Å²) < 4.78 is 1.32. The van der Waals surface area contributed by atoms with Crippen LogP contribution in [0.15, 0.2) is 60.0 Å². The molecule has 0 radical (unpaired) electrons. The van der Waals surface area contributed by atoms with Crippen LogP contribution in [0.25, 0.3) is 10.1 Å². The zero-order valence-electron chi connectivity index (χ0n) is 11.4. The predicted molar refractivity (Wildman–Crippen MR) is 89.9 cm³/mol. The zero-order valence-corrected chi connectivity index (χ0v) is 13.0. The number of rotatable bonds is 4. The number of halogens is 1. The Labute approximate surface area is 129 Å². The van der Waals surface area contributed by atoms with Crippen LogP contribution in [-0.2, 0) is 0 Å². The van der Waals surface area contributed by atoms with E-state index in [-0.39, 0.29) is 5.38 Å². The summed E-state index contributed by atoms with van der Waals surface area (Å²) in [5, 5.41) is 3.54. The van der Waals surface area contributed by atoms with Gasteiger partial charge in [-0.15, -0.1) is 22.9 Å². The van der Waals surface area contributed by atoms with Gasteiger partial charge in [0.1, 0.15) is 0 Å². The maximum Gasteiger partial charge on any atom is 0.0667 e. The third kappa shape index (κ3) is 2.48. The number of benzene rings is 2. The molecule has 0 aliphatic carbocycles. The number of fused-ring (bicyclic) bond motifs is 1. The summed E-state index contributed by atoms with van der Waals surface area (Å²) in [5.74, 6) is 0.357. The molecule has 0 aliphatic heterocycles. The van der Waals surface area contributed by atoms with Crippen molar-refractivity contribution in [3.05, 3.63) is 71.1 Å². The van der Waals surface area contributed by atoms with Gasteiger partial charge in [0.25, 0.3) is 0 Å². The standard InChI is InChI=1S/C18H17ClS/c1-2-14(13-8-4-3-5-9-13)18(19)16-12-20-17-11-7-6-10-15(16)17/h3-12,14,18H,2H2,1H3. The normalized spacial score (nSPS) is 14.3. The molecule has 0 spiro atoms. The van der Waals surface area contributed by atoms with E-state index < -0.39 is 0 Å². The minimum absolute atomic E-state index is 0.0264. The highest BCUT2D eigenvalue weighted by atomic mass is 35.5. The van der Waals surface area contributed by atoms with E-state index in [4.69, 9.17) is 11.6 Å². The lowest BCUT2D eigenvalue weighted by Gasteiger charge is -2.21. The van der Waals surface area contributed by atoms with Crippen LogP contribution in [0.4, 0.5) is 0 Å². The van der Waals surface area contributed by atoms with Crippen LogP contribution in [0.1, 0.15) is 35.8 Å². The maximum absolute atomic E-state index is 6.83. The monoisotopic (exact) mass is 300 g/mol. The lowest BCUT2D eigenvalue weighted by molar-refractivity contribution is 0.644. The Balaban J connectivity index is 2.00. The molecular formula is C18H17ClS. The van der Waals surface area contributed by atoms with E-state index in [1.165, 1.54) is 21.2 Å². The summed E-state index contributed by atoms with van der Waals surface area (Å²) in [6, 6.07) is 19.1. The third-order valence-electron chi connectivity index (χ3n) is 3.83. The van der Waals surface area contributed by atoms with E-state index in [0.717, 1.165) is 6.42 Å². The molecule has 0 saturated carbocycles. The molecule has 1 aromatic heterocycles. The first-order valence-corrected chi connectivity index (χ1v) is 8.28. The Bertz CT molecular complexity index is 687. The van der Waals surface area contributed by atoms with E-state index >= 15 is 0 Å². The molecule has 102 valence electrons. The SMILES string of the molecule is CCC(c1ccccc1)C(Cl)c1csc2ccccc12. The highest BCUT2D eigenvalue weighted by molar-refractivity contribution is 7.17. The van der Waals surface area contributed by atoms with Crippen molar-refractivity contribution in [2.45, 2.75) is 24.6 Å². The van der Waals surface area contributed by atoms with Crippen LogP contribution in [-0.4, -0.2) is 0 Å². The fourth-order valence-corrected chi connectivity index (χ4v) is 4.32. The van der Waals surface area contributed by atoms with Gasteiger partial charge in [0.05, 0.1) is 5.38 Å². The van der Waals surface area contributed by atoms with Crippen molar-refractivity contribution in [2.24, 2.45) is 0 Å². The zero-order chi connectivity index (χ0) is 13.9. The van der Waals surface area contributed by atoms with Gasteiger partial charge in [0.2, 0.25) is 0 Å². The van der Waals surface area contributed by atoms with E-state index in [0.29, 0.717) is 5.92 Å². The first-order chi connectivity index (χ1) is 9.81. The molecule has 2 unspecified atom stereocenters. The summed E-state index contributed by atoms with van der Waals surface area (Å²) in [5.41, 5.74) is 2.59. The van der Waals surface area contributed by atoms with Gasteiger partial charge >= 0.3 is 0 Å². The number of hydrogen-bond donors (Lipinski definition) is 0. The molecule has 0 bridgehead atoms. The van der Waals surface area contributed by atoms with Gasteiger partial charge in [-0.3, -0.25) is 0 Å². The molecule has 20 heavy (non-hydrogen) atoms. The molecule has 3 rings (SSSR count). The summed E-state index contributed by atoms with van der Waals surface area (Å²) >= 11 is 8.61. The highest BCUT2D eigenvalue weighted by Crippen LogP contribution is 2.43. The summed E-state index contributed by atoms with van der Waals surface area (Å²) in [7, 11) is 0. The van der Waals surface area contributed by atoms with Gasteiger partial charge in [0, 0.05) is 10.6 Å². The second kappa shape index (κ2) is 5.99. The fourth-order valence-electron chi connectivity index (χ4n) is 2.74. The van der Waals surface area contributed by atoms with Gasteiger partial charge in [-0.2, -0.15) is 0 Å². The topological polar surface area (TPSA) is 0 Å². The van der Waals surface area contributed by atoms with Gasteiger partial charge in [0.15, 0.2) is 0 Å². The van der Waals surface area contributed by atoms with Crippen LogP contribution in [0.5, 0.6) is 0 Å². The molecule has 0 aliphatic rings. The lowest BCUT2D eigenvalue weighted by Crippen LogP contribution is -2.05. The van der Waals surface area contributed by atoms with Crippen molar-refractivity contribution < 1.29 is 0 Å². The van der Waals surface area contributed by atoms with Crippen molar-refractivity contribution in [3.8, 4) is 0 Å². The van der Waals surface area contributed by atoms with Gasteiger partial charge in [-0.1, -0.05) is 55.5 Å². The Hall–Kier alpha value is -1.31. The summed E-state index contributed by atoms with van der Waals surface area (Å²) in [6.07, 6.45) is 1.04. The molecule has 0 saturated heterocycles. The minimum Gasteiger partial charge on any atom is -0.143 e. The van der Waals surface area contributed by atoms with Crippen molar-refractivity contribution in [3.63, 3.8) is 0 Å². The van der Waals surface area contributed by atoms with Gasteiger partial charge in [-0.25, -0.2) is 0 Å². The first-order valence-electron chi connectivity index (χ1n) is 6.96. The molecule has 0 fully saturated rings. The largest absolute Gasteiger partial charge is 0.143 e. The number of hydrogen-bond acceptors (Lipinski definition) is 1. The molecule has 1 heterocycles. The fraction of sp³-hybridized carbons (Fsp3) is 0.222. The first kappa shape index (κ1) is 13.7. The Morgan fingerprint density at radius 3 is 2.45 bits per heavy atom. The smallest absolute Gasteiger partial charge is 0.0667 e. The van der Waals surface area contributed by atoms with Crippen LogP contribution in [0.3, 0.4) is 0 Å². The van der Waals surface area contributed by atoms with E-state index in [1.54, 1.807) is 11.3 Å². The summed E-state index contributed by atoms with van der Waals surface area (Å²) in [6.45, 7) is 2.21. The Kier molecular flexibility index (Phi) is 4.09. The van der Waals surface area contributed by atoms with E-state index in [1.807, 2.05) is 0 Å². The molecule has 2 heteroatoms. The van der Waals surface area contributed by atoms with Crippen molar-refractivity contribution >= 4 is 33.0 Å². The molecule has 0 amide bonds. The Morgan fingerprint density at radius 2 is 1.70 bits per heavy atom. The van der Waals surface area contributed by atoms with Crippen LogP contribution < -0.4 is 0 Å².